The molecule has 0 aliphatic heterocycles. The molecule has 4 nitrogen and oxygen atoms in total. The number of amides is 1. The van der Waals surface area contributed by atoms with Gasteiger partial charge in [-0.3, -0.25) is 4.79 Å². The molecule has 0 aliphatic rings. The zero-order chi connectivity index (χ0) is 14.0. The van der Waals surface area contributed by atoms with E-state index in [0.717, 1.165) is 22.3 Å². The summed E-state index contributed by atoms with van der Waals surface area (Å²) >= 11 is 3.33. The summed E-state index contributed by atoms with van der Waals surface area (Å²) in [6.45, 7) is 1.90. The van der Waals surface area contributed by atoms with Crippen molar-refractivity contribution in [3.63, 3.8) is 0 Å². The lowest BCUT2D eigenvalue weighted by molar-refractivity contribution is 0.102. The number of aromatic nitrogens is 1. The maximum absolute atomic E-state index is 13.1. The van der Waals surface area contributed by atoms with Crippen molar-refractivity contribution in [3.05, 3.63) is 51.9 Å². The fraction of sp³-hybridized carbons (Fsp3) is 0.0769. The molecule has 1 amide bonds. The molecule has 3 N–H and O–H groups in total. The molecule has 6 heteroatoms. The van der Waals surface area contributed by atoms with Crippen LogP contribution in [0.25, 0.3) is 0 Å². The van der Waals surface area contributed by atoms with Crippen LogP contribution in [0.4, 0.5) is 15.9 Å². The summed E-state index contributed by atoms with van der Waals surface area (Å²) in [5.74, 6) is -1.12. The highest BCUT2D eigenvalue weighted by Crippen LogP contribution is 2.24. The maximum Gasteiger partial charge on any atom is 0.259 e. The first kappa shape index (κ1) is 13.5. The van der Waals surface area contributed by atoms with E-state index in [1.165, 1.54) is 0 Å². The van der Waals surface area contributed by atoms with E-state index in [9.17, 15) is 9.18 Å². The molecule has 1 aromatic carbocycles. The first-order valence-corrected chi connectivity index (χ1v) is 6.25. The maximum atomic E-state index is 13.1. The number of aryl methyl sites for hydroxylation is 1. The number of nitrogen functional groups attached to an aromatic ring is 1. The molecule has 0 spiro atoms. The highest BCUT2D eigenvalue weighted by Gasteiger charge is 2.13. The summed E-state index contributed by atoms with van der Waals surface area (Å²) < 4.78 is 13.8. The number of benzene rings is 1. The Hall–Kier alpha value is -1.95. The molecule has 0 saturated carbocycles. The monoisotopic (exact) mass is 323 g/mol. The highest BCUT2D eigenvalue weighted by atomic mass is 79.9. The van der Waals surface area contributed by atoms with E-state index in [1.54, 1.807) is 6.07 Å². The Balaban J connectivity index is 2.30. The summed E-state index contributed by atoms with van der Waals surface area (Å²) in [4.78, 5) is 15.6. The molecule has 1 aromatic heterocycles. The molecular weight excluding hydrogens is 313 g/mol. The second-order valence-electron chi connectivity index (χ2n) is 4.02. The van der Waals surface area contributed by atoms with Gasteiger partial charge in [0, 0.05) is 4.47 Å². The summed E-state index contributed by atoms with van der Waals surface area (Å²) in [7, 11) is 0. The lowest BCUT2D eigenvalue weighted by atomic mass is 10.2. The third-order valence-electron chi connectivity index (χ3n) is 2.50. The third-order valence-corrected chi connectivity index (χ3v) is 3.19. The number of carbonyl (C=O) groups excluding carboxylic acids is 1. The van der Waals surface area contributed by atoms with Crippen molar-refractivity contribution < 1.29 is 9.18 Å². The van der Waals surface area contributed by atoms with Crippen LogP contribution in [-0.4, -0.2) is 10.9 Å². The van der Waals surface area contributed by atoms with Crippen LogP contribution in [0, 0.1) is 12.7 Å². The molecule has 0 bridgehead atoms. The van der Waals surface area contributed by atoms with E-state index < -0.39 is 11.7 Å². The Kier molecular flexibility index (Phi) is 3.80. The van der Waals surface area contributed by atoms with E-state index in [1.807, 2.05) is 19.1 Å². The van der Waals surface area contributed by atoms with Crippen LogP contribution >= 0.6 is 15.9 Å². The molecule has 0 radical (unpaired) electrons. The molecule has 0 unspecified atom stereocenters. The van der Waals surface area contributed by atoms with Gasteiger partial charge in [-0.25, -0.2) is 9.37 Å². The Labute approximate surface area is 118 Å². The number of halogens is 2. The van der Waals surface area contributed by atoms with E-state index in [0.29, 0.717) is 5.69 Å². The average Bonchev–Trinajstić information content (AvgIpc) is 2.36. The van der Waals surface area contributed by atoms with Gasteiger partial charge in [0.15, 0.2) is 0 Å². The normalized spacial score (nSPS) is 10.3. The predicted octanol–water partition coefficient (Wildman–Crippen LogP) is 3.13. The van der Waals surface area contributed by atoms with Gasteiger partial charge >= 0.3 is 0 Å². The van der Waals surface area contributed by atoms with Crippen molar-refractivity contribution >= 4 is 33.3 Å². The van der Waals surface area contributed by atoms with Gasteiger partial charge in [-0.2, -0.15) is 0 Å². The molecule has 2 rings (SSSR count). The fourth-order valence-corrected chi connectivity index (χ4v) is 1.90. The standard InChI is InChI=1S/C13H11BrFN3O/c1-7-2-3-10(14)11(4-7)18-13(19)9-5-8(15)6-17-12(9)16/h2-6H,1H3,(H2,16,17)(H,18,19). The van der Waals surface area contributed by atoms with Gasteiger partial charge in [-0.15, -0.1) is 0 Å². The van der Waals surface area contributed by atoms with Gasteiger partial charge < -0.3 is 11.1 Å². The van der Waals surface area contributed by atoms with Crippen molar-refractivity contribution in [1.29, 1.82) is 0 Å². The quantitative estimate of drug-likeness (QED) is 0.892. The van der Waals surface area contributed by atoms with Gasteiger partial charge in [-0.1, -0.05) is 6.07 Å². The van der Waals surface area contributed by atoms with Crippen molar-refractivity contribution in [2.45, 2.75) is 6.92 Å². The van der Waals surface area contributed by atoms with Crippen molar-refractivity contribution in [2.75, 3.05) is 11.1 Å². The Morgan fingerprint density at radius 2 is 2.16 bits per heavy atom. The lowest BCUT2D eigenvalue weighted by Gasteiger charge is -2.09. The molecule has 98 valence electrons. The minimum Gasteiger partial charge on any atom is -0.383 e. The number of hydrogen-bond acceptors (Lipinski definition) is 3. The zero-order valence-corrected chi connectivity index (χ0v) is 11.7. The Bertz CT molecular complexity index is 646. The zero-order valence-electron chi connectivity index (χ0n) is 10.1. The van der Waals surface area contributed by atoms with E-state index in [-0.39, 0.29) is 11.4 Å². The number of rotatable bonds is 2. The van der Waals surface area contributed by atoms with Crippen molar-refractivity contribution in [3.8, 4) is 0 Å². The third kappa shape index (κ3) is 3.08. The predicted molar refractivity (Wildman–Crippen MR) is 75.4 cm³/mol. The summed E-state index contributed by atoms with van der Waals surface area (Å²) in [5, 5.41) is 2.66. The first-order chi connectivity index (χ1) is 8.97. The molecular formula is C13H11BrFN3O. The van der Waals surface area contributed by atoms with E-state index in [2.05, 4.69) is 26.2 Å². The molecule has 0 atom stereocenters. The van der Waals surface area contributed by atoms with Crippen LogP contribution < -0.4 is 11.1 Å². The van der Waals surface area contributed by atoms with Gasteiger partial charge in [-0.05, 0) is 46.6 Å². The molecule has 0 fully saturated rings. The SMILES string of the molecule is Cc1ccc(Br)c(NC(=O)c2cc(F)cnc2N)c1. The van der Waals surface area contributed by atoms with Gasteiger partial charge in [0.2, 0.25) is 0 Å². The Morgan fingerprint density at radius 1 is 1.42 bits per heavy atom. The van der Waals surface area contributed by atoms with Crippen LogP contribution in [0.5, 0.6) is 0 Å². The first-order valence-electron chi connectivity index (χ1n) is 5.46. The summed E-state index contributed by atoms with van der Waals surface area (Å²) in [6, 6.07) is 6.57. The van der Waals surface area contributed by atoms with Crippen molar-refractivity contribution in [2.24, 2.45) is 0 Å². The minimum absolute atomic E-state index is 0.00778. The fourth-order valence-electron chi connectivity index (χ4n) is 1.56. The largest absolute Gasteiger partial charge is 0.383 e. The average molecular weight is 324 g/mol. The molecule has 1 heterocycles. The Morgan fingerprint density at radius 3 is 2.89 bits per heavy atom. The van der Waals surface area contributed by atoms with Gasteiger partial charge in [0.1, 0.15) is 11.6 Å². The van der Waals surface area contributed by atoms with Crippen LogP contribution in [-0.2, 0) is 0 Å². The van der Waals surface area contributed by atoms with Crippen molar-refractivity contribution in [1.82, 2.24) is 4.98 Å². The highest BCUT2D eigenvalue weighted by molar-refractivity contribution is 9.10. The van der Waals surface area contributed by atoms with E-state index in [4.69, 9.17) is 5.73 Å². The van der Waals surface area contributed by atoms with Crippen LogP contribution in [0.15, 0.2) is 34.9 Å². The minimum atomic E-state index is -0.609. The van der Waals surface area contributed by atoms with E-state index >= 15 is 0 Å². The number of nitrogens with one attached hydrogen (secondary N) is 1. The number of carbonyl (C=O) groups is 1. The second-order valence-corrected chi connectivity index (χ2v) is 4.88. The molecule has 0 aliphatic carbocycles. The van der Waals surface area contributed by atoms with Gasteiger partial charge in [0.25, 0.3) is 5.91 Å². The molecule has 0 saturated heterocycles. The number of nitrogens with two attached hydrogens (primary N) is 1. The topological polar surface area (TPSA) is 68.0 Å². The van der Waals surface area contributed by atoms with Crippen LogP contribution in [0.3, 0.4) is 0 Å². The summed E-state index contributed by atoms with van der Waals surface area (Å²) in [5.41, 5.74) is 7.15. The number of pyridine rings is 1. The molecule has 19 heavy (non-hydrogen) atoms. The van der Waals surface area contributed by atoms with Crippen LogP contribution in [0.2, 0.25) is 0 Å². The number of nitrogens with zero attached hydrogens (tertiary/aromatic N) is 1. The number of hydrogen-bond donors (Lipinski definition) is 2. The smallest absolute Gasteiger partial charge is 0.259 e. The second kappa shape index (κ2) is 5.36. The van der Waals surface area contributed by atoms with Crippen LogP contribution in [0.1, 0.15) is 15.9 Å². The number of anilines is 2. The lowest BCUT2D eigenvalue weighted by Crippen LogP contribution is -2.15. The summed E-state index contributed by atoms with van der Waals surface area (Å²) in [6.07, 6.45) is 0.967. The molecule has 2 aromatic rings. The van der Waals surface area contributed by atoms with Gasteiger partial charge in [0.05, 0.1) is 17.4 Å².